The number of aromatic nitrogens is 2. The van der Waals surface area contributed by atoms with Crippen LogP contribution in [0.1, 0.15) is 23.7 Å². The van der Waals surface area contributed by atoms with Crippen molar-refractivity contribution in [3.8, 4) is 0 Å². The first-order chi connectivity index (χ1) is 13.4. The van der Waals surface area contributed by atoms with Crippen molar-refractivity contribution in [3.05, 3.63) is 82.1 Å². The fraction of sp³-hybridized carbons (Fsp3) is 0.286. The quantitative estimate of drug-likeness (QED) is 0.499. The van der Waals surface area contributed by atoms with E-state index in [0.29, 0.717) is 24.4 Å². The van der Waals surface area contributed by atoms with Crippen molar-refractivity contribution >= 4 is 26.0 Å². The minimum Gasteiger partial charge on any atom is -0.270 e. The Hall–Kier alpha value is -1.96. The number of benzene rings is 2. The number of hydrogen-bond acceptors (Lipinski definition) is 3. The summed E-state index contributed by atoms with van der Waals surface area (Å²) in [6, 6.07) is 16.7. The second-order valence-corrected chi connectivity index (χ2v) is 9.45. The highest BCUT2D eigenvalue weighted by atomic mass is 79.9. The molecule has 0 aliphatic heterocycles. The molecule has 7 heteroatoms. The predicted molar refractivity (Wildman–Crippen MR) is 115 cm³/mol. The molecule has 0 amide bonds. The number of hydrogen-bond donors (Lipinski definition) is 0. The maximum absolute atomic E-state index is 13.3. The normalized spacial score (nSPS) is 11.9. The van der Waals surface area contributed by atoms with Crippen molar-refractivity contribution in [1.82, 2.24) is 14.1 Å². The summed E-state index contributed by atoms with van der Waals surface area (Å²) < 4.78 is 31.0. The van der Waals surface area contributed by atoms with Gasteiger partial charge < -0.3 is 0 Å². The van der Waals surface area contributed by atoms with E-state index < -0.39 is 10.0 Å². The zero-order chi connectivity index (χ0) is 20.1. The van der Waals surface area contributed by atoms with Crippen LogP contribution < -0.4 is 0 Å². The molecule has 0 atom stereocenters. The van der Waals surface area contributed by atoms with Gasteiger partial charge in [0.15, 0.2) is 0 Å². The third-order valence-corrected chi connectivity index (χ3v) is 7.18. The van der Waals surface area contributed by atoms with E-state index in [1.54, 1.807) is 34.8 Å². The van der Waals surface area contributed by atoms with E-state index in [1.807, 2.05) is 48.9 Å². The summed E-state index contributed by atoms with van der Waals surface area (Å²) in [7, 11) is -3.62. The molecule has 0 radical (unpaired) electrons. The maximum Gasteiger partial charge on any atom is 0.243 e. The molecule has 0 saturated carbocycles. The second-order valence-electron chi connectivity index (χ2n) is 6.60. The van der Waals surface area contributed by atoms with Crippen LogP contribution in [0, 0.1) is 6.92 Å². The van der Waals surface area contributed by atoms with Gasteiger partial charge in [0, 0.05) is 35.4 Å². The second kappa shape index (κ2) is 9.03. The first kappa shape index (κ1) is 20.8. The summed E-state index contributed by atoms with van der Waals surface area (Å²) in [5, 5.41) is 4.36. The minimum absolute atomic E-state index is 0.296. The Balaban J connectivity index is 1.90. The predicted octanol–water partition coefficient (Wildman–Crippen LogP) is 4.41. The van der Waals surface area contributed by atoms with Gasteiger partial charge in [-0.3, -0.25) is 4.68 Å². The van der Waals surface area contributed by atoms with Gasteiger partial charge in [0.2, 0.25) is 10.0 Å². The first-order valence-electron chi connectivity index (χ1n) is 9.22. The molecule has 2 aromatic carbocycles. The smallest absolute Gasteiger partial charge is 0.243 e. The summed E-state index contributed by atoms with van der Waals surface area (Å²) in [5.74, 6) is 0. The Morgan fingerprint density at radius 1 is 1.07 bits per heavy atom. The van der Waals surface area contributed by atoms with E-state index in [0.717, 1.165) is 27.8 Å². The van der Waals surface area contributed by atoms with E-state index in [1.165, 1.54) is 0 Å². The van der Waals surface area contributed by atoms with Gasteiger partial charge in [-0.05, 0) is 50.1 Å². The summed E-state index contributed by atoms with van der Waals surface area (Å²) in [4.78, 5) is 0.296. The standard InChI is InChI=1S/C21H24BrN3O2S/c1-3-25-17(2)19(15-23-25)16-24(14-13-18-7-5-4-6-8-18)28(26,27)21-11-9-20(22)10-12-21/h4-12,15H,3,13-14,16H2,1-2H3. The fourth-order valence-corrected chi connectivity index (χ4v) is 4.77. The monoisotopic (exact) mass is 461 g/mol. The molecule has 0 N–H and O–H groups in total. The molecule has 148 valence electrons. The lowest BCUT2D eigenvalue weighted by molar-refractivity contribution is 0.408. The van der Waals surface area contributed by atoms with E-state index in [-0.39, 0.29) is 0 Å². The molecular weight excluding hydrogens is 438 g/mol. The lowest BCUT2D eigenvalue weighted by Crippen LogP contribution is -2.32. The minimum atomic E-state index is -3.62. The lowest BCUT2D eigenvalue weighted by atomic mass is 10.1. The SMILES string of the molecule is CCn1ncc(CN(CCc2ccccc2)S(=O)(=O)c2ccc(Br)cc2)c1C. The molecule has 5 nitrogen and oxygen atoms in total. The van der Waals surface area contributed by atoms with Gasteiger partial charge >= 0.3 is 0 Å². The van der Waals surface area contributed by atoms with Gasteiger partial charge in [0.1, 0.15) is 0 Å². The summed E-state index contributed by atoms with van der Waals surface area (Å²) >= 11 is 3.37. The van der Waals surface area contributed by atoms with Crippen molar-refractivity contribution in [1.29, 1.82) is 0 Å². The molecule has 3 aromatic rings. The van der Waals surface area contributed by atoms with Crippen LogP contribution in [-0.4, -0.2) is 29.0 Å². The van der Waals surface area contributed by atoms with Crippen LogP contribution in [0.4, 0.5) is 0 Å². The summed E-state index contributed by atoms with van der Waals surface area (Å²) in [5.41, 5.74) is 3.04. The molecule has 0 aliphatic carbocycles. The lowest BCUT2D eigenvalue weighted by Gasteiger charge is -2.22. The highest BCUT2D eigenvalue weighted by Gasteiger charge is 2.25. The average molecular weight is 462 g/mol. The molecule has 0 unspecified atom stereocenters. The molecule has 3 rings (SSSR count). The number of nitrogens with zero attached hydrogens (tertiary/aromatic N) is 3. The van der Waals surface area contributed by atoms with E-state index in [4.69, 9.17) is 0 Å². The van der Waals surface area contributed by atoms with Crippen LogP contribution in [0.25, 0.3) is 0 Å². The number of halogens is 1. The Morgan fingerprint density at radius 2 is 1.75 bits per heavy atom. The van der Waals surface area contributed by atoms with Gasteiger partial charge in [-0.1, -0.05) is 46.3 Å². The largest absolute Gasteiger partial charge is 0.270 e. The highest BCUT2D eigenvalue weighted by Crippen LogP contribution is 2.22. The molecule has 28 heavy (non-hydrogen) atoms. The van der Waals surface area contributed by atoms with Crippen molar-refractivity contribution in [3.63, 3.8) is 0 Å². The molecule has 0 fully saturated rings. The summed E-state index contributed by atoms with van der Waals surface area (Å²) in [6.07, 6.45) is 2.42. The van der Waals surface area contributed by atoms with Crippen LogP contribution in [0.5, 0.6) is 0 Å². The van der Waals surface area contributed by atoms with Crippen LogP contribution >= 0.6 is 15.9 Å². The number of sulfonamides is 1. The van der Waals surface area contributed by atoms with Crippen LogP contribution in [0.2, 0.25) is 0 Å². The Kier molecular flexibility index (Phi) is 6.69. The van der Waals surface area contributed by atoms with E-state index in [2.05, 4.69) is 21.0 Å². The Labute approximate surface area is 175 Å². The fourth-order valence-electron chi connectivity index (χ4n) is 3.09. The maximum atomic E-state index is 13.3. The van der Waals surface area contributed by atoms with E-state index in [9.17, 15) is 8.42 Å². The first-order valence-corrected chi connectivity index (χ1v) is 11.5. The molecule has 0 saturated heterocycles. The molecule has 0 aliphatic rings. The van der Waals surface area contributed by atoms with Crippen LogP contribution in [-0.2, 0) is 29.5 Å². The van der Waals surface area contributed by atoms with Crippen molar-refractivity contribution in [2.75, 3.05) is 6.54 Å². The van der Waals surface area contributed by atoms with Gasteiger partial charge in [-0.2, -0.15) is 9.40 Å². The van der Waals surface area contributed by atoms with Crippen LogP contribution in [0.3, 0.4) is 0 Å². The topological polar surface area (TPSA) is 55.2 Å². The van der Waals surface area contributed by atoms with E-state index >= 15 is 0 Å². The molecular formula is C21H24BrN3O2S. The third-order valence-electron chi connectivity index (χ3n) is 4.80. The summed E-state index contributed by atoms with van der Waals surface area (Å²) in [6.45, 7) is 5.47. The average Bonchev–Trinajstić information content (AvgIpc) is 3.05. The van der Waals surface area contributed by atoms with Gasteiger partial charge in [0.25, 0.3) is 0 Å². The van der Waals surface area contributed by atoms with Crippen LogP contribution in [0.15, 0.2) is 70.2 Å². The number of rotatable bonds is 8. The zero-order valence-corrected chi connectivity index (χ0v) is 18.4. The number of aryl methyl sites for hydroxylation is 1. The molecule has 1 heterocycles. The van der Waals surface area contributed by atoms with Gasteiger partial charge in [-0.25, -0.2) is 8.42 Å². The van der Waals surface area contributed by atoms with Gasteiger partial charge in [-0.15, -0.1) is 0 Å². The molecule has 1 aromatic heterocycles. The molecule has 0 bridgehead atoms. The van der Waals surface area contributed by atoms with Crippen molar-refractivity contribution < 1.29 is 8.42 Å². The zero-order valence-electron chi connectivity index (χ0n) is 16.0. The Bertz CT molecular complexity index is 1020. The molecule has 0 spiro atoms. The van der Waals surface area contributed by atoms with Crippen molar-refractivity contribution in [2.45, 2.75) is 38.3 Å². The third kappa shape index (κ3) is 4.71. The van der Waals surface area contributed by atoms with Crippen molar-refractivity contribution in [2.24, 2.45) is 0 Å². The van der Waals surface area contributed by atoms with Gasteiger partial charge in [0.05, 0.1) is 11.1 Å². The Morgan fingerprint density at radius 3 is 2.36 bits per heavy atom. The highest BCUT2D eigenvalue weighted by molar-refractivity contribution is 9.10.